The largest absolute Gasteiger partial charge is 0.382 e. The Morgan fingerprint density at radius 2 is 2.10 bits per heavy atom. The van der Waals surface area contributed by atoms with E-state index in [1.54, 1.807) is 13.2 Å². The minimum absolute atomic E-state index is 0.215. The van der Waals surface area contributed by atoms with E-state index in [0.29, 0.717) is 11.6 Å². The molecule has 1 N–H and O–H groups in total. The molecule has 1 atom stereocenters. The third-order valence-electron chi connectivity index (χ3n) is 3.74. The van der Waals surface area contributed by atoms with Gasteiger partial charge in [-0.2, -0.15) is 5.10 Å². The Bertz CT molecular complexity index is 496. The average molecular weight is 299 g/mol. The SMILES string of the molecule is CC(CNc1cnn(C)c(=O)c1Cl)CN1CCCCC1. The summed E-state index contributed by atoms with van der Waals surface area (Å²) in [4.78, 5) is 14.2. The number of hydrogen-bond acceptors (Lipinski definition) is 4. The van der Waals surface area contributed by atoms with Crippen molar-refractivity contribution in [1.29, 1.82) is 0 Å². The maximum absolute atomic E-state index is 11.7. The van der Waals surface area contributed by atoms with Crippen LogP contribution in [0.3, 0.4) is 0 Å². The third kappa shape index (κ3) is 3.96. The lowest BCUT2D eigenvalue weighted by molar-refractivity contribution is 0.204. The molecule has 1 fully saturated rings. The van der Waals surface area contributed by atoms with Crippen LogP contribution in [0.5, 0.6) is 0 Å². The molecule has 0 aliphatic carbocycles. The number of nitrogens with one attached hydrogen (secondary N) is 1. The zero-order valence-electron chi connectivity index (χ0n) is 12.2. The topological polar surface area (TPSA) is 50.2 Å². The predicted molar refractivity (Wildman–Crippen MR) is 82.4 cm³/mol. The van der Waals surface area contributed by atoms with Crippen molar-refractivity contribution in [3.63, 3.8) is 0 Å². The Labute approximate surface area is 124 Å². The molecule has 5 nitrogen and oxygen atoms in total. The van der Waals surface area contributed by atoms with Crippen LogP contribution in [-0.2, 0) is 7.05 Å². The number of likely N-dealkylation sites (tertiary alicyclic amines) is 1. The summed E-state index contributed by atoms with van der Waals surface area (Å²) in [6, 6.07) is 0. The van der Waals surface area contributed by atoms with Gasteiger partial charge in [0.05, 0.1) is 11.9 Å². The molecule has 0 saturated carbocycles. The van der Waals surface area contributed by atoms with Gasteiger partial charge in [-0.25, -0.2) is 4.68 Å². The van der Waals surface area contributed by atoms with Crippen molar-refractivity contribution in [3.05, 3.63) is 21.6 Å². The van der Waals surface area contributed by atoms with Gasteiger partial charge in [-0.1, -0.05) is 24.9 Å². The van der Waals surface area contributed by atoms with Crippen LogP contribution in [0.1, 0.15) is 26.2 Å². The molecule has 0 aromatic carbocycles. The van der Waals surface area contributed by atoms with Crippen molar-refractivity contribution >= 4 is 17.3 Å². The lowest BCUT2D eigenvalue weighted by Crippen LogP contribution is -2.35. The minimum Gasteiger partial charge on any atom is -0.382 e. The van der Waals surface area contributed by atoms with Crippen LogP contribution in [-0.4, -0.2) is 40.9 Å². The van der Waals surface area contributed by atoms with Gasteiger partial charge >= 0.3 is 0 Å². The smallest absolute Gasteiger partial charge is 0.287 e. The maximum Gasteiger partial charge on any atom is 0.287 e. The molecule has 2 rings (SSSR count). The number of rotatable bonds is 5. The van der Waals surface area contributed by atoms with Gasteiger partial charge < -0.3 is 10.2 Å². The summed E-state index contributed by atoms with van der Waals surface area (Å²) in [7, 11) is 1.59. The number of anilines is 1. The summed E-state index contributed by atoms with van der Waals surface area (Å²) < 4.78 is 1.24. The van der Waals surface area contributed by atoms with Crippen LogP contribution >= 0.6 is 11.6 Å². The molecule has 1 saturated heterocycles. The van der Waals surface area contributed by atoms with E-state index in [4.69, 9.17) is 11.6 Å². The fourth-order valence-electron chi connectivity index (χ4n) is 2.57. The molecule has 112 valence electrons. The highest BCUT2D eigenvalue weighted by Crippen LogP contribution is 2.16. The summed E-state index contributed by atoms with van der Waals surface area (Å²) in [6.07, 6.45) is 5.59. The molecular formula is C14H23ClN4O. The fraction of sp³-hybridized carbons (Fsp3) is 0.714. The molecule has 1 aliphatic heterocycles. The highest BCUT2D eigenvalue weighted by Gasteiger charge is 2.14. The maximum atomic E-state index is 11.7. The Morgan fingerprint density at radius 3 is 2.80 bits per heavy atom. The zero-order chi connectivity index (χ0) is 14.5. The monoisotopic (exact) mass is 298 g/mol. The summed E-state index contributed by atoms with van der Waals surface area (Å²) in [6.45, 7) is 6.51. The fourth-order valence-corrected chi connectivity index (χ4v) is 2.80. The van der Waals surface area contributed by atoms with Crippen molar-refractivity contribution in [2.75, 3.05) is 31.5 Å². The van der Waals surface area contributed by atoms with E-state index in [1.807, 2.05) is 0 Å². The van der Waals surface area contributed by atoms with E-state index >= 15 is 0 Å². The Hall–Kier alpha value is -1.07. The van der Waals surface area contributed by atoms with Crippen molar-refractivity contribution < 1.29 is 0 Å². The van der Waals surface area contributed by atoms with Crippen molar-refractivity contribution in [1.82, 2.24) is 14.7 Å². The minimum atomic E-state index is -0.264. The lowest BCUT2D eigenvalue weighted by Gasteiger charge is -2.29. The lowest BCUT2D eigenvalue weighted by atomic mass is 10.1. The highest BCUT2D eigenvalue weighted by molar-refractivity contribution is 6.32. The first kappa shape index (κ1) is 15.3. The van der Waals surface area contributed by atoms with Crippen LogP contribution in [0.4, 0.5) is 5.69 Å². The molecule has 20 heavy (non-hydrogen) atoms. The summed E-state index contributed by atoms with van der Waals surface area (Å²) in [5, 5.41) is 7.43. The van der Waals surface area contributed by atoms with E-state index in [-0.39, 0.29) is 10.6 Å². The molecule has 0 amide bonds. The van der Waals surface area contributed by atoms with Crippen molar-refractivity contribution in [2.45, 2.75) is 26.2 Å². The molecule has 1 unspecified atom stereocenters. The van der Waals surface area contributed by atoms with Crippen LogP contribution < -0.4 is 10.9 Å². The van der Waals surface area contributed by atoms with E-state index in [2.05, 4.69) is 22.2 Å². The van der Waals surface area contributed by atoms with Crippen molar-refractivity contribution in [3.8, 4) is 0 Å². The number of aromatic nitrogens is 2. The van der Waals surface area contributed by atoms with Gasteiger partial charge in [0.15, 0.2) is 0 Å². The summed E-state index contributed by atoms with van der Waals surface area (Å²) in [5.41, 5.74) is 0.362. The number of nitrogens with zero attached hydrogens (tertiary/aromatic N) is 3. The molecule has 0 radical (unpaired) electrons. The van der Waals surface area contributed by atoms with Gasteiger partial charge in [-0.3, -0.25) is 4.79 Å². The van der Waals surface area contributed by atoms with Crippen LogP contribution in [0.15, 0.2) is 11.0 Å². The molecule has 2 heterocycles. The predicted octanol–water partition coefficient (Wildman–Crippen LogP) is 1.97. The molecule has 6 heteroatoms. The zero-order valence-corrected chi connectivity index (χ0v) is 13.0. The number of piperidine rings is 1. The standard InChI is InChI=1S/C14H23ClN4O/c1-11(10-19-6-4-3-5-7-19)8-16-12-9-17-18(2)14(20)13(12)15/h9,11,16H,3-8,10H2,1-2H3. The Morgan fingerprint density at radius 1 is 1.40 bits per heavy atom. The van der Waals surface area contributed by atoms with Gasteiger partial charge in [0.1, 0.15) is 5.02 Å². The molecular weight excluding hydrogens is 276 g/mol. The van der Waals surface area contributed by atoms with E-state index in [9.17, 15) is 4.79 Å². The number of halogens is 1. The summed E-state index contributed by atoms with van der Waals surface area (Å²) in [5.74, 6) is 0.508. The van der Waals surface area contributed by atoms with E-state index < -0.39 is 0 Å². The molecule has 1 aliphatic rings. The summed E-state index contributed by atoms with van der Waals surface area (Å²) >= 11 is 6.03. The number of aryl methyl sites for hydroxylation is 1. The molecule has 1 aromatic heterocycles. The second-order valence-electron chi connectivity index (χ2n) is 5.65. The normalized spacial score (nSPS) is 17.9. The Kier molecular flexibility index (Phi) is 5.43. The van der Waals surface area contributed by atoms with E-state index in [0.717, 1.165) is 13.1 Å². The average Bonchev–Trinajstić information content (AvgIpc) is 2.45. The first-order chi connectivity index (χ1) is 9.58. The van der Waals surface area contributed by atoms with E-state index in [1.165, 1.54) is 37.0 Å². The van der Waals surface area contributed by atoms with Crippen LogP contribution in [0, 0.1) is 5.92 Å². The van der Waals surface area contributed by atoms with Gasteiger partial charge in [0, 0.05) is 20.1 Å². The van der Waals surface area contributed by atoms with Crippen LogP contribution in [0.25, 0.3) is 0 Å². The third-order valence-corrected chi connectivity index (χ3v) is 4.10. The first-order valence-electron chi connectivity index (χ1n) is 7.26. The molecule has 0 bridgehead atoms. The second-order valence-corrected chi connectivity index (χ2v) is 6.03. The van der Waals surface area contributed by atoms with Gasteiger partial charge in [-0.05, 0) is 31.8 Å². The van der Waals surface area contributed by atoms with Gasteiger partial charge in [0.25, 0.3) is 5.56 Å². The van der Waals surface area contributed by atoms with Gasteiger partial charge in [-0.15, -0.1) is 0 Å². The molecule has 1 aromatic rings. The first-order valence-corrected chi connectivity index (χ1v) is 7.63. The highest BCUT2D eigenvalue weighted by atomic mass is 35.5. The van der Waals surface area contributed by atoms with Crippen LogP contribution in [0.2, 0.25) is 5.02 Å². The quantitative estimate of drug-likeness (QED) is 0.903. The second kappa shape index (κ2) is 7.09. The number of hydrogen-bond donors (Lipinski definition) is 1. The van der Waals surface area contributed by atoms with Gasteiger partial charge in [0.2, 0.25) is 0 Å². The van der Waals surface area contributed by atoms with Crippen molar-refractivity contribution in [2.24, 2.45) is 13.0 Å². The molecule has 0 spiro atoms. The Balaban J connectivity index is 1.85.